The number of amides is 1. The molecule has 0 aliphatic carbocycles. The number of rotatable bonds is 4. The van der Waals surface area contributed by atoms with E-state index in [0.717, 1.165) is 6.42 Å². The minimum absolute atomic E-state index is 0.345. The zero-order valence-electron chi connectivity index (χ0n) is 13.4. The normalized spacial score (nSPS) is 20.7. The summed E-state index contributed by atoms with van der Waals surface area (Å²) in [5, 5.41) is 14.6. The van der Waals surface area contributed by atoms with Gasteiger partial charge < -0.3 is 14.6 Å². The van der Waals surface area contributed by atoms with Crippen LogP contribution in [0.15, 0.2) is 16.8 Å². The molecule has 5 nitrogen and oxygen atoms in total. The molecular formula is C16H25NO4S. The molecule has 0 saturated carbocycles. The smallest absolute Gasteiger partial charge is 0.410 e. The summed E-state index contributed by atoms with van der Waals surface area (Å²) in [6, 6.07) is 1.71. The van der Waals surface area contributed by atoms with E-state index in [1.807, 2.05) is 26.2 Å². The van der Waals surface area contributed by atoms with E-state index in [0.29, 0.717) is 26.2 Å². The second-order valence-corrected chi connectivity index (χ2v) is 7.33. The average molecular weight is 327 g/mol. The molecule has 1 aromatic heterocycles. The van der Waals surface area contributed by atoms with Crippen LogP contribution in [-0.4, -0.2) is 53.6 Å². The predicted molar refractivity (Wildman–Crippen MR) is 86.2 cm³/mol. The number of aryl methyl sites for hydroxylation is 1. The number of thiophene rings is 1. The fourth-order valence-corrected chi connectivity index (χ4v) is 3.13. The van der Waals surface area contributed by atoms with E-state index >= 15 is 0 Å². The van der Waals surface area contributed by atoms with Gasteiger partial charge in [0.1, 0.15) is 5.60 Å². The summed E-state index contributed by atoms with van der Waals surface area (Å²) < 4.78 is 10.9. The van der Waals surface area contributed by atoms with Gasteiger partial charge in [-0.15, -0.1) is 0 Å². The number of carbonyl (C=O) groups excluding carboxylic acids is 1. The fourth-order valence-electron chi connectivity index (χ4n) is 2.43. The molecule has 2 unspecified atom stereocenters. The Morgan fingerprint density at radius 1 is 1.59 bits per heavy atom. The van der Waals surface area contributed by atoms with Crippen LogP contribution in [0.1, 0.15) is 32.8 Å². The van der Waals surface area contributed by atoms with E-state index in [1.54, 1.807) is 16.2 Å². The maximum Gasteiger partial charge on any atom is 0.410 e. The van der Waals surface area contributed by atoms with Gasteiger partial charge in [0.2, 0.25) is 0 Å². The third-order valence-corrected chi connectivity index (χ3v) is 4.28. The molecule has 1 N–H and O–H groups in total. The summed E-state index contributed by atoms with van der Waals surface area (Å²) in [5.41, 5.74) is 0.672. The Bertz CT molecular complexity index is 469. The molecule has 1 aromatic rings. The Morgan fingerprint density at radius 2 is 2.36 bits per heavy atom. The molecule has 0 radical (unpaired) electrons. The third-order valence-electron chi connectivity index (χ3n) is 3.55. The summed E-state index contributed by atoms with van der Waals surface area (Å²) in [6.45, 7) is 6.81. The highest BCUT2D eigenvalue weighted by Gasteiger charge is 2.35. The van der Waals surface area contributed by atoms with Crippen LogP contribution in [0.2, 0.25) is 0 Å². The second kappa shape index (κ2) is 7.44. The lowest BCUT2D eigenvalue weighted by Gasteiger charge is -2.38. The van der Waals surface area contributed by atoms with Gasteiger partial charge in [-0.3, -0.25) is 4.90 Å². The van der Waals surface area contributed by atoms with Crippen molar-refractivity contribution < 1.29 is 19.4 Å². The first-order chi connectivity index (χ1) is 10.4. The van der Waals surface area contributed by atoms with Gasteiger partial charge >= 0.3 is 6.09 Å². The Morgan fingerprint density at radius 3 is 3.00 bits per heavy atom. The molecule has 124 valence electrons. The predicted octanol–water partition coefficient (Wildman–Crippen LogP) is 2.68. The fraction of sp³-hybridized carbons (Fsp3) is 0.688. The van der Waals surface area contributed by atoms with E-state index in [9.17, 15) is 9.90 Å². The SMILES string of the molecule is CC(C)(C)OC(=O)N1CCOCC1C(O)CCc1ccsc1. The lowest BCUT2D eigenvalue weighted by Crippen LogP contribution is -2.55. The molecule has 22 heavy (non-hydrogen) atoms. The molecule has 1 aliphatic rings. The van der Waals surface area contributed by atoms with Crippen LogP contribution in [0.25, 0.3) is 0 Å². The highest BCUT2D eigenvalue weighted by atomic mass is 32.1. The molecule has 0 bridgehead atoms. The number of morpholine rings is 1. The van der Waals surface area contributed by atoms with Gasteiger partial charge in [-0.25, -0.2) is 4.79 Å². The topological polar surface area (TPSA) is 59.0 Å². The minimum atomic E-state index is -0.618. The van der Waals surface area contributed by atoms with Crippen LogP contribution >= 0.6 is 11.3 Å². The highest BCUT2D eigenvalue weighted by Crippen LogP contribution is 2.19. The lowest BCUT2D eigenvalue weighted by atomic mass is 10.0. The van der Waals surface area contributed by atoms with Crippen molar-refractivity contribution >= 4 is 17.4 Å². The number of nitrogens with zero attached hydrogens (tertiary/aromatic N) is 1. The first-order valence-electron chi connectivity index (χ1n) is 7.63. The van der Waals surface area contributed by atoms with E-state index in [4.69, 9.17) is 9.47 Å². The quantitative estimate of drug-likeness (QED) is 0.924. The van der Waals surface area contributed by atoms with Crippen LogP contribution in [0.3, 0.4) is 0 Å². The van der Waals surface area contributed by atoms with Gasteiger partial charge in [-0.05, 0) is 56.0 Å². The van der Waals surface area contributed by atoms with Crippen LogP contribution in [-0.2, 0) is 15.9 Å². The van der Waals surface area contributed by atoms with Crippen molar-refractivity contribution in [2.24, 2.45) is 0 Å². The van der Waals surface area contributed by atoms with Crippen molar-refractivity contribution in [3.05, 3.63) is 22.4 Å². The number of aliphatic hydroxyl groups is 1. The zero-order valence-corrected chi connectivity index (χ0v) is 14.3. The summed E-state index contributed by atoms with van der Waals surface area (Å²) in [6.07, 6.45) is 0.399. The highest BCUT2D eigenvalue weighted by molar-refractivity contribution is 7.07. The zero-order chi connectivity index (χ0) is 16.2. The molecule has 2 heterocycles. The number of carbonyl (C=O) groups is 1. The van der Waals surface area contributed by atoms with E-state index in [1.165, 1.54) is 5.56 Å². The maximum atomic E-state index is 12.3. The number of ether oxygens (including phenoxy) is 2. The monoisotopic (exact) mass is 327 g/mol. The number of hydrogen-bond acceptors (Lipinski definition) is 5. The molecule has 1 saturated heterocycles. The van der Waals surface area contributed by atoms with Gasteiger partial charge in [-0.1, -0.05) is 0 Å². The number of hydrogen-bond donors (Lipinski definition) is 1. The van der Waals surface area contributed by atoms with Crippen molar-refractivity contribution in [1.82, 2.24) is 4.90 Å². The summed E-state index contributed by atoms with van der Waals surface area (Å²) in [5.74, 6) is 0. The van der Waals surface area contributed by atoms with E-state index in [2.05, 4.69) is 11.4 Å². The van der Waals surface area contributed by atoms with Gasteiger partial charge in [0.05, 0.1) is 25.4 Å². The number of aliphatic hydroxyl groups excluding tert-OH is 1. The molecule has 6 heteroatoms. The first-order valence-corrected chi connectivity index (χ1v) is 8.57. The summed E-state index contributed by atoms with van der Waals surface area (Å²) in [4.78, 5) is 13.9. The van der Waals surface area contributed by atoms with E-state index < -0.39 is 11.7 Å². The van der Waals surface area contributed by atoms with Crippen molar-refractivity contribution in [2.75, 3.05) is 19.8 Å². The molecule has 2 atom stereocenters. The Kier molecular flexibility index (Phi) is 5.83. The van der Waals surface area contributed by atoms with Crippen LogP contribution in [0.4, 0.5) is 4.79 Å². The molecule has 2 rings (SSSR count). The molecule has 0 spiro atoms. The standard InChI is InChI=1S/C16H25NO4S/c1-16(2,3)21-15(19)17-7-8-20-10-13(17)14(18)5-4-12-6-9-22-11-12/h6,9,11,13-14,18H,4-5,7-8,10H2,1-3H3. The molecule has 1 amide bonds. The third kappa shape index (κ3) is 4.97. The average Bonchev–Trinajstić information content (AvgIpc) is 2.96. The van der Waals surface area contributed by atoms with Gasteiger partial charge in [-0.2, -0.15) is 11.3 Å². The molecule has 0 aromatic carbocycles. The maximum absolute atomic E-state index is 12.3. The largest absolute Gasteiger partial charge is 0.444 e. The van der Waals surface area contributed by atoms with Crippen molar-refractivity contribution in [3.63, 3.8) is 0 Å². The van der Waals surface area contributed by atoms with E-state index in [-0.39, 0.29) is 12.1 Å². The van der Waals surface area contributed by atoms with Crippen LogP contribution in [0.5, 0.6) is 0 Å². The first kappa shape index (κ1) is 17.2. The lowest BCUT2D eigenvalue weighted by molar-refractivity contribution is -0.0676. The van der Waals surface area contributed by atoms with Gasteiger partial charge in [0, 0.05) is 6.54 Å². The molecule has 1 fully saturated rings. The Hall–Kier alpha value is -1.11. The summed E-state index contributed by atoms with van der Waals surface area (Å²) in [7, 11) is 0. The molecular weight excluding hydrogens is 302 g/mol. The van der Waals surface area contributed by atoms with Crippen LogP contribution < -0.4 is 0 Å². The van der Waals surface area contributed by atoms with Crippen molar-refractivity contribution in [3.8, 4) is 0 Å². The van der Waals surface area contributed by atoms with Gasteiger partial charge in [0.25, 0.3) is 0 Å². The van der Waals surface area contributed by atoms with Gasteiger partial charge in [0.15, 0.2) is 0 Å². The van der Waals surface area contributed by atoms with Crippen molar-refractivity contribution in [2.45, 2.75) is 51.4 Å². The summed E-state index contributed by atoms with van der Waals surface area (Å²) >= 11 is 1.65. The minimum Gasteiger partial charge on any atom is -0.444 e. The Labute approximate surface area is 135 Å². The van der Waals surface area contributed by atoms with Crippen LogP contribution in [0, 0.1) is 0 Å². The molecule has 1 aliphatic heterocycles. The second-order valence-electron chi connectivity index (χ2n) is 6.55. The van der Waals surface area contributed by atoms with Crippen molar-refractivity contribution in [1.29, 1.82) is 0 Å². The Balaban J connectivity index is 1.94.